The summed E-state index contributed by atoms with van der Waals surface area (Å²) in [7, 11) is 0. The fourth-order valence-electron chi connectivity index (χ4n) is 0.891. The minimum absolute atomic E-state index is 0.0973. The average molecular weight is 226 g/mol. The molecule has 1 aromatic carbocycles. The highest BCUT2D eigenvalue weighted by Crippen LogP contribution is 2.29. The monoisotopic (exact) mass is 224 g/mol. The zero-order valence-electron chi connectivity index (χ0n) is 6.15. The number of aliphatic hydroxyl groups excluding tert-OH is 1. The van der Waals surface area contributed by atoms with Crippen molar-refractivity contribution in [3.8, 4) is 0 Å². The Morgan fingerprint density at radius 2 is 1.92 bits per heavy atom. The van der Waals surface area contributed by atoms with Crippen LogP contribution in [0, 0.1) is 0 Å². The largest absolute Gasteiger partial charge is 0.392 e. The van der Waals surface area contributed by atoms with E-state index in [9.17, 15) is 0 Å². The van der Waals surface area contributed by atoms with Crippen molar-refractivity contribution in [3.05, 3.63) is 33.3 Å². The smallest absolute Gasteiger partial charge is 0.0696 e. The van der Waals surface area contributed by atoms with Crippen LogP contribution in [0.2, 0.25) is 10.0 Å². The fourth-order valence-corrected chi connectivity index (χ4v) is 1.87. The van der Waals surface area contributed by atoms with Gasteiger partial charge in [0, 0.05) is 10.6 Å². The van der Waals surface area contributed by atoms with E-state index in [1.165, 1.54) is 0 Å². The maximum absolute atomic E-state index is 8.86. The summed E-state index contributed by atoms with van der Waals surface area (Å²) in [4.78, 5) is 0. The Balaban J connectivity index is 3.24. The van der Waals surface area contributed by atoms with Crippen molar-refractivity contribution >= 4 is 34.8 Å². The van der Waals surface area contributed by atoms with Gasteiger partial charge in [-0.25, -0.2) is 0 Å². The number of hydrogen-bond donors (Lipinski definition) is 1. The predicted molar refractivity (Wildman–Crippen MR) is 51.9 cm³/mol. The van der Waals surface area contributed by atoms with Gasteiger partial charge in [-0.1, -0.05) is 29.3 Å². The lowest BCUT2D eigenvalue weighted by Gasteiger charge is -2.06. The Morgan fingerprint density at radius 3 is 2.42 bits per heavy atom. The molecule has 1 aromatic rings. The Bertz CT molecular complexity index is 286. The highest BCUT2D eigenvalue weighted by Gasteiger charge is 2.08. The maximum atomic E-state index is 8.86. The number of benzene rings is 1. The molecule has 0 amide bonds. The van der Waals surface area contributed by atoms with Gasteiger partial charge in [-0.3, -0.25) is 0 Å². The van der Waals surface area contributed by atoms with Crippen molar-refractivity contribution in [2.45, 2.75) is 12.5 Å². The van der Waals surface area contributed by atoms with Crippen molar-refractivity contribution < 1.29 is 5.11 Å². The molecule has 0 spiro atoms. The molecule has 0 saturated carbocycles. The maximum Gasteiger partial charge on any atom is 0.0696 e. The standard InChI is InChI=1S/C8H7Cl3O/c9-3-6-7(10)2-1-5(4-12)8(6)11/h1-2,12H,3-4H2. The zero-order valence-corrected chi connectivity index (χ0v) is 8.42. The molecule has 0 radical (unpaired) electrons. The molecule has 4 heteroatoms. The van der Waals surface area contributed by atoms with Crippen LogP contribution >= 0.6 is 34.8 Å². The lowest BCUT2D eigenvalue weighted by molar-refractivity contribution is 0.282. The van der Waals surface area contributed by atoms with Crippen LogP contribution in [-0.4, -0.2) is 5.11 Å². The van der Waals surface area contributed by atoms with E-state index in [4.69, 9.17) is 39.9 Å². The zero-order chi connectivity index (χ0) is 9.14. The van der Waals surface area contributed by atoms with Crippen molar-refractivity contribution in [1.29, 1.82) is 0 Å². The van der Waals surface area contributed by atoms with Gasteiger partial charge in [0.25, 0.3) is 0 Å². The van der Waals surface area contributed by atoms with Crippen LogP contribution in [0.15, 0.2) is 12.1 Å². The SMILES string of the molecule is OCc1ccc(Cl)c(CCl)c1Cl. The summed E-state index contributed by atoms with van der Waals surface area (Å²) in [5.74, 6) is 0.255. The first-order chi connectivity index (χ1) is 5.70. The second kappa shape index (κ2) is 4.33. The molecule has 1 rings (SSSR count). The first-order valence-corrected chi connectivity index (χ1v) is 4.62. The number of halogens is 3. The molecule has 0 saturated heterocycles. The summed E-state index contributed by atoms with van der Waals surface area (Å²) in [6, 6.07) is 3.36. The Labute approximate surface area is 85.9 Å². The van der Waals surface area contributed by atoms with Gasteiger partial charge in [0.15, 0.2) is 0 Å². The van der Waals surface area contributed by atoms with Crippen LogP contribution < -0.4 is 0 Å². The van der Waals surface area contributed by atoms with Crippen LogP contribution in [0.5, 0.6) is 0 Å². The summed E-state index contributed by atoms with van der Waals surface area (Å²) >= 11 is 17.3. The number of hydrogen-bond acceptors (Lipinski definition) is 1. The molecule has 0 heterocycles. The molecule has 1 N–H and O–H groups in total. The molecule has 0 fully saturated rings. The van der Waals surface area contributed by atoms with Crippen LogP contribution in [0.3, 0.4) is 0 Å². The fraction of sp³-hybridized carbons (Fsp3) is 0.250. The van der Waals surface area contributed by atoms with Crippen molar-refractivity contribution in [2.75, 3.05) is 0 Å². The first-order valence-electron chi connectivity index (χ1n) is 3.33. The summed E-state index contributed by atoms with van der Waals surface area (Å²) < 4.78 is 0. The second-order valence-electron chi connectivity index (χ2n) is 2.29. The van der Waals surface area contributed by atoms with Crippen LogP contribution in [0.25, 0.3) is 0 Å². The summed E-state index contributed by atoms with van der Waals surface area (Å²) in [5.41, 5.74) is 1.32. The first kappa shape index (κ1) is 10.1. The Kier molecular flexibility index (Phi) is 3.66. The van der Waals surface area contributed by atoms with E-state index in [0.717, 1.165) is 0 Å². The molecule has 0 atom stereocenters. The van der Waals surface area contributed by atoms with E-state index >= 15 is 0 Å². The quantitative estimate of drug-likeness (QED) is 0.766. The highest BCUT2D eigenvalue weighted by atomic mass is 35.5. The summed E-state index contributed by atoms with van der Waals surface area (Å²) in [6.07, 6.45) is 0. The molecule has 0 aliphatic carbocycles. The highest BCUT2D eigenvalue weighted by molar-refractivity contribution is 6.37. The van der Waals surface area contributed by atoms with Gasteiger partial charge < -0.3 is 5.11 Å². The summed E-state index contributed by atoms with van der Waals surface area (Å²) in [5, 5.41) is 9.85. The predicted octanol–water partition coefficient (Wildman–Crippen LogP) is 3.22. The molecule has 12 heavy (non-hydrogen) atoms. The van der Waals surface area contributed by atoms with Crippen LogP contribution in [0.4, 0.5) is 0 Å². The molecule has 0 aliphatic rings. The molecule has 0 aromatic heterocycles. The normalized spacial score (nSPS) is 10.3. The van der Waals surface area contributed by atoms with Gasteiger partial charge in [-0.15, -0.1) is 11.6 Å². The van der Waals surface area contributed by atoms with E-state index in [-0.39, 0.29) is 12.5 Å². The lowest BCUT2D eigenvalue weighted by atomic mass is 10.1. The topological polar surface area (TPSA) is 20.2 Å². The molecular formula is C8H7Cl3O. The van der Waals surface area contributed by atoms with Gasteiger partial charge >= 0.3 is 0 Å². The molecule has 1 nitrogen and oxygen atoms in total. The third-order valence-corrected chi connectivity index (χ3v) is 2.66. The van der Waals surface area contributed by atoms with Crippen molar-refractivity contribution in [2.24, 2.45) is 0 Å². The molecule has 66 valence electrons. The third-order valence-electron chi connectivity index (χ3n) is 1.57. The van der Waals surface area contributed by atoms with Gasteiger partial charge in [0.1, 0.15) is 0 Å². The van der Waals surface area contributed by atoms with Gasteiger partial charge in [-0.05, 0) is 11.6 Å². The molecule has 0 unspecified atom stereocenters. The van der Waals surface area contributed by atoms with Gasteiger partial charge in [-0.2, -0.15) is 0 Å². The van der Waals surface area contributed by atoms with E-state index < -0.39 is 0 Å². The number of alkyl halides is 1. The second-order valence-corrected chi connectivity index (χ2v) is 3.34. The van der Waals surface area contributed by atoms with Gasteiger partial charge in [0.05, 0.1) is 17.5 Å². The minimum atomic E-state index is -0.0973. The van der Waals surface area contributed by atoms with Crippen molar-refractivity contribution in [3.63, 3.8) is 0 Å². The van der Waals surface area contributed by atoms with Crippen LogP contribution in [0.1, 0.15) is 11.1 Å². The minimum Gasteiger partial charge on any atom is -0.392 e. The van der Waals surface area contributed by atoms with E-state index in [2.05, 4.69) is 0 Å². The number of aliphatic hydroxyl groups is 1. The van der Waals surface area contributed by atoms with E-state index in [0.29, 0.717) is 21.2 Å². The lowest BCUT2D eigenvalue weighted by Crippen LogP contribution is -1.90. The molecular weight excluding hydrogens is 218 g/mol. The van der Waals surface area contributed by atoms with E-state index in [1.807, 2.05) is 0 Å². The Hall–Kier alpha value is 0.0500. The summed E-state index contributed by atoms with van der Waals surface area (Å²) in [6.45, 7) is -0.0973. The number of rotatable bonds is 2. The van der Waals surface area contributed by atoms with E-state index in [1.54, 1.807) is 12.1 Å². The van der Waals surface area contributed by atoms with Crippen LogP contribution in [-0.2, 0) is 12.5 Å². The third kappa shape index (κ3) is 1.86. The van der Waals surface area contributed by atoms with Gasteiger partial charge in [0.2, 0.25) is 0 Å². The molecule has 0 aliphatic heterocycles. The Morgan fingerprint density at radius 1 is 1.25 bits per heavy atom. The van der Waals surface area contributed by atoms with Crippen molar-refractivity contribution in [1.82, 2.24) is 0 Å². The average Bonchev–Trinajstić information content (AvgIpc) is 2.06. The molecule has 0 bridgehead atoms.